The lowest BCUT2D eigenvalue weighted by Gasteiger charge is -2.29. The van der Waals surface area contributed by atoms with Crippen LogP contribution in [0.4, 0.5) is 0 Å². The van der Waals surface area contributed by atoms with Gasteiger partial charge >= 0.3 is 0 Å². The van der Waals surface area contributed by atoms with Crippen molar-refractivity contribution in [2.45, 2.75) is 34.2 Å². The summed E-state index contributed by atoms with van der Waals surface area (Å²) >= 11 is 1.77. The summed E-state index contributed by atoms with van der Waals surface area (Å²) in [6.07, 6.45) is 0. The first-order chi connectivity index (χ1) is 7.45. The zero-order valence-corrected chi connectivity index (χ0v) is 11.4. The Hall–Kier alpha value is -0.670. The molecule has 0 N–H and O–H groups in total. The van der Waals surface area contributed by atoms with Crippen LogP contribution in [0, 0.1) is 5.41 Å². The number of carbonyl (C=O) groups excluding carboxylic acids is 1. The third-order valence-electron chi connectivity index (χ3n) is 2.98. The van der Waals surface area contributed by atoms with Gasteiger partial charge in [-0.1, -0.05) is 26.8 Å². The van der Waals surface area contributed by atoms with Crippen LogP contribution in [0.25, 0.3) is 0 Å². The lowest BCUT2D eigenvalue weighted by atomic mass is 9.88. The zero-order valence-electron chi connectivity index (χ0n) is 10.6. The standard InChI is InChI=1S/C13H21NOS/c1-5-14(9-12-7-6-8-16-12)10-13(3,4)11(2)15/h6-8H,5,9-10H2,1-4H3. The maximum Gasteiger partial charge on any atom is 0.136 e. The fraction of sp³-hybridized carbons (Fsp3) is 0.615. The van der Waals surface area contributed by atoms with Gasteiger partial charge in [0.05, 0.1) is 0 Å². The molecule has 0 radical (unpaired) electrons. The number of hydrogen-bond acceptors (Lipinski definition) is 3. The molecule has 2 nitrogen and oxygen atoms in total. The monoisotopic (exact) mass is 239 g/mol. The Balaban J connectivity index is 2.59. The zero-order chi connectivity index (χ0) is 12.2. The normalized spacial score (nSPS) is 12.1. The van der Waals surface area contributed by atoms with Crippen LogP contribution in [-0.2, 0) is 11.3 Å². The Morgan fingerprint density at radius 2 is 2.19 bits per heavy atom. The number of ketones is 1. The Labute approximate surface area is 102 Å². The predicted octanol–water partition coefficient (Wildman–Crippen LogP) is 3.19. The molecule has 0 amide bonds. The highest BCUT2D eigenvalue weighted by molar-refractivity contribution is 7.09. The van der Waals surface area contributed by atoms with E-state index in [0.29, 0.717) is 0 Å². The first-order valence-corrected chi connectivity index (χ1v) is 6.59. The highest BCUT2D eigenvalue weighted by Crippen LogP contribution is 2.20. The Morgan fingerprint density at radius 1 is 1.50 bits per heavy atom. The van der Waals surface area contributed by atoms with Crippen molar-refractivity contribution in [2.24, 2.45) is 5.41 Å². The second-order valence-electron chi connectivity index (χ2n) is 4.82. The van der Waals surface area contributed by atoms with Crippen molar-refractivity contribution in [3.05, 3.63) is 22.4 Å². The maximum absolute atomic E-state index is 11.5. The molecular formula is C13H21NOS. The van der Waals surface area contributed by atoms with Gasteiger partial charge in [-0.2, -0.15) is 0 Å². The van der Waals surface area contributed by atoms with Crippen LogP contribution in [0.5, 0.6) is 0 Å². The van der Waals surface area contributed by atoms with E-state index in [9.17, 15) is 4.79 Å². The van der Waals surface area contributed by atoms with Gasteiger partial charge in [0.2, 0.25) is 0 Å². The number of carbonyl (C=O) groups is 1. The number of thiophene rings is 1. The van der Waals surface area contributed by atoms with E-state index in [2.05, 4.69) is 29.3 Å². The molecule has 0 aromatic carbocycles. The summed E-state index contributed by atoms with van der Waals surface area (Å²) in [5.41, 5.74) is -0.243. The first-order valence-electron chi connectivity index (χ1n) is 5.71. The second-order valence-corrected chi connectivity index (χ2v) is 5.85. The molecule has 0 bridgehead atoms. The van der Waals surface area contributed by atoms with E-state index in [1.54, 1.807) is 18.3 Å². The van der Waals surface area contributed by atoms with Crippen LogP contribution in [0.15, 0.2) is 17.5 Å². The minimum Gasteiger partial charge on any atom is -0.299 e. The molecule has 0 aliphatic carbocycles. The molecule has 0 saturated carbocycles. The summed E-state index contributed by atoms with van der Waals surface area (Å²) in [5.74, 6) is 0.261. The minimum absolute atomic E-state index is 0.243. The smallest absolute Gasteiger partial charge is 0.136 e. The quantitative estimate of drug-likeness (QED) is 0.760. The summed E-state index contributed by atoms with van der Waals surface area (Å²) in [5, 5.41) is 2.10. The number of hydrogen-bond donors (Lipinski definition) is 0. The van der Waals surface area contributed by atoms with E-state index in [0.717, 1.165) is 19.6 Å². The summed E-state index contributed by atoms with van der Waals surface area (Å²) in [7, 11) is 0. The molecule has 1 heterocycles. The summed E-state index contributed by atoms with van der Waals surface area (Å²) in [6, 6.07) is 4.22. The van der Waals surface area contributed by atoms with Crippen molar-refractivity contribution in [3.63, 3.8) is 0 Å². The molecule has 1 rings (SSSR count). The van der Waals surface area contributed by atoms with E-state index in [1.807, 2.05) is 13.8 Å². The van der Waals surface area contributed by atoms with Crippen molar-refractivity contribution in [1.29, 1.82) is 0 Å². The van der Waals surface area contributed by atoms with Gasteiger partial charge in [-0.15, -0.1) is 11.3 Å². The molecule has 0 saturated heterocycles. The lowest BCUT2D eigenvalue weighted by Crippen LogP contribution is -2.37. The lowest BCUT2D eigenvalue weighted by molar-refractivity contribution is -0.125. The summed E-state index contributed by atoms with van der Waals surface area (Å²) in [4.78, 5) is 15.2. The number of nitrogens with zero attached hydrogens (tertiary/aromatic N) is 1. The van der Waals surface area contributed by atoms with Crippen LogP contribution >= 0.6 is 11.3 Å². The molecule has 0 aliphatic rings. The molecule has 16 heavy (non-hydrogen) atoms. The molecule has 3 heteroatoms. The van der Waals surface area contributed by atoms with Crippen LogP contribution < -0.4 is 0 Å². The van der Waals surface area contributed by atoms with Gasteiger partial charge in [-0.3, -0.25) is 9.69 Å². The fourth-order valence-electron chi connectivity index (χ4n) is 1.57. The van der Waals surface area contributed by atoms with Gasteiger partial charge in [-0.25, -0.2) is 0 Å². The van der Waals surface area contributed by atoms with E-state index < -0.39 is 0 Å². The maximum atomic E-state index is 11.5. The Morgan fingerprint density at radius 3 is 2.62 bits per heavy atom. The van der Waals surface area contributed by atoms with Crippen molar-refractivity contribution in [1.82, 2.24) is 4.90 Å². The molecule has 0 fully saturated rings. The van der Waals surface area contributed by atoms with E-state index >= 15 is 0 Å². The van der Waals surface area contributed by atoms with E-state index in [-0.39, 0.29) is 11.2 Å². The minimum atomic E-state index is -0.243. The third kappa shape index (κ3) is 3.72. The van der Waals surface area contributed by atoms with Crippen molar-refractivity contribution in [3.8, 4) is 0 Å². The Bertz CT molecular complexity index is 330. The van der Waals surface area contributed by atoms with Gasteiger partial charge in [0, 0.05) is 23.4 Å². The third-order valence-corrected chi connectivity index (χ3v) is 3.84. The Kier molecular flexibility index (Phi) is 4.69. The number of Topliss-reactive ketones (excluding diaryl/α,β-unsaturated/α-hetero) is 1. The predicted molar refractivity (Wildman–Crippen MR) is 69.7 cm³/mol. The van der Waals surface area contributed by atoms with Crippen LogP contribution in [0.2, 0.25) is 0 Å². The van der Waals surface area contributed by atoms with Gasteiger partial charge in [-0.05, 0) is 24.9 Å². The molecular weight excluding hydrogens is 218 g/mol. The van der Waals surface area contributed by atoms with Crippen molar-refractivity contribution >= 4 is 17.1 Å². The SMILES string of the molecule is CCN(Cc1cccs1)CC(C)(C)C(C)=O. The van der Waals surface area contributed by atoms with Gasteiger partial charge in [0.15, 0.2) is 0 Å². The molecule has 1 aromatic heterocycles. The van der Waals surface area contributed by atoms with Crippen molar-refractivity contribution in [2.75, 3.05) is 13.1 Å². The molecule has 0 aliphatic heterocycles. The molecule has 0 atom stereocenters. The molecule has 0 spiro atoms. The van der Waals surface area contributed by atoms with Crippen LogP contribution in [0.1, 0.15) is 32.6 Å². The average Bonchev–Trinajstić information content (AvgIpc) is 2.68. The van der Waals surface area contributed by atoms with Crippen molar-refractivity contribution < 1.29 is 4.79 Å². The van der Waals surface area contributed by atoms with Gasteiger partial charge < -0.3 is 0 Å². The highest BCUT2D eigenvalue weighted by Gasteiger charge is 2.26. The highest BCUT2D eigenvalue weighted by atomic mass is 32.1. The first kappa shape index (κ1) is 13.4. The van der Waals surface area contributed by atoms with Gasteiger partial charge in [0.1, 0.15) is 5.78 Å². The fourth-order valence-corrected chi connectivity index (χ4v) is 2.32. The van der Waals surface area contributed by atoms with Gasteiger partial charge in [0.25, 0.3) is 0 Å². The van der Waals surface area contributed by atoms with E-state index in [1.165, 1.54) is 4.88 Å². The molecule has 1 aromatic rings. The average molecular weight is 239 g/mol. The summed E-state index contributed by atoms with van der Waals surface area (Å²) < 4.78 is 0. The van der Waals surface area contributed by atoms with E-state index in [4.69, 9.17) is 0 Å². The van der Waals surface area contributed by atoms with Crippen LogP contribution in [0.3, 0.4) is 0 Å². The number of rotatable bonds is 6. The van der Waals surface area contributed by atoms with Crippen LogP contribution in [-0.4, -0.2) is 23.8 Å². The largest absolute Gasteiger partial charge is 0.299 e. The second kappa shape index (κ2) is 5.60. The topological polar surface area (TPSA) is 20.3 Å². The molecule has 90 valence electrons. The summed E-state index contributed by atoms with van der Waals surface area (Å²) in [6.45, 7) is 10.6. The molecule has 0 unspecified atom stereocenters.